The van der Waals surface area contributed by atoms with Crippen LogP contribution >= 0.6 is 0 Å². The Balaban J connectivity index is 1.86. The van der Waals surface area contributed by atoms with Gasteiger partial charge in [0, 0.05) is 12.2 Å². The third-order valence-corrected chi connectivity index (χ3v) is 2.59. The first kappa shape index (κ1) is 9.90. The van der Waals surface area contributed by atoms with Crippen molar-refractivity contribution in [1.29, 1.82) is 0 Å². The molecule has 0 fully saturated rings. The van der Waals surface area contributed by atoms with Gasteiger partial charge in [-0.2, -0.15) is 0 Å². The van der Waals surface area contributed by atoms with E-state index in [9.17, 15) is 4.79 Å². The predicted octanol–water partition coefficient (Wildman–Crippen LogP) is 2.66. The van der Waals surface area contributed by atoms with E-state index >= 15 is 0 Å². The van der Waals surface area contributed by atoms with Crippen LogP contribution in [0.4, 0.5) is 0 Å². The molecule has 0 aromatic heterocycles. The maximum atomic E-state index is 10.9. The van der Waals surface area contributed by atoms with Gasteiger partial charge in [0.1, 0.15) is 5.75 Å². The van der Waals surface area contributed by atoms with Crippen molar-refractivity contribution in [2.45, 2.75) is 6.29 Å². The molecule has 0 spiro atoms. The second-order valence-corrected chi connectivity index (χ2v) is 3.79. The zero-order valence-electron chi connectivity index (χ0n) is 9.00. The topological polar surface area (TPSA) is 35.5 Å². The Morgan fingerprint density at radius 1 is 1.06 bits per heavy atom. The molecule has 1 atom stereocenters. The van der Waals surface area contributed by atoms with Crippen molar-refractivity contribution in [3.05, 3.63) is 54.6 Å². The van der Waals surface area contributed by atoms with Gasteiger partial charge in [-0.1, -0.05) is 30.3 Å². The van der Waals surface area contributed by atoms with Gasteiger partial charge < -0.3 is 9.47 Å². The highest BCUT2D eigenvalue weighted by Gasteiger charge is 2.17. The van der Waals surface area contributed by atoms with E-state index in [4.69, 9.17) is 9.47 Å². The Morgan fingerprint density at radius 2 is 1.88 bits per heavy atom. The molecule has 84 valence electrons. The molecule has 17 heavy (non-hydrogen) atoms. The number of carbonyl (C=O) groups excluding carboxylic acids is 1. The zero-order chi connectivity index (χ0) is 11.7. The second-order valence-electron chi connectivity index (χ2n) is 3.79. The molecule has 0 saturated heterocycles. The molecule has 1 heterocycles. The van der Waals surface area contributed by atoms with Crippen LogP contribution in [0.2, 0.25) is 0 Å². The maximum absolute atomic E-state index is 10.9. The molecular weight excluding hydrogens is 216 g/mol. The molecule has 3 heteroatoms. The fourth-order valence-electron chi connectivity index (χ4n) is 1.79. The van der Waals surface area contributed by atoms with Gasteiger partial charge in [-0.15, -0.1) is 0 Å². The number of ether oxygens (including phenoxy) is 2. The van der Waals surface area contributed by atoms with E-state index in [2.05, 4.69) is 0 Å². The summed E-state index contributed by atoms with van der Waals surface area (Å²) in [5, 5.41) is 2.25. The highest BCUT2D eigenvalue weighted by molar-refractivity contribution is 5.85. The second kappa shape index (κ2) is 3.94. The number of hydrogen-bond donors (Lipinski definition) is 0. The monoisotopic (exact) mass is 226 g/mol. The molecule has 1 aliphatic heterocycles. The number of fused-ring (bicyclic) bond motifs is 1. The molecule has 0 bridgehead atoms. The molecule has 3 nitrogen and oxygen atoms in total. The fraction of sp³-hybridized carbons (Fsp3) is 0.0714. The van der Waals surface area contributed by atoms with Crippen molar-refractivity contribution < 1.29 is 14.3 Å². The molecule has 2 aromatic rings. The van der Waals surface area contributed by atoms with Gasteiger partial charge in [0.15, 0.2) is 0 Å². The molecule has 0 amide bonds. The quantitative estimate of drug-likeness (QED) is 0.738. The van der Waals surface area contributed by atoms with E-state index in [1.54, 1.807) is 6.08 Å². The summed E-state index contributed by atoms with van der Waals surface area (Å²) in [6, 6.07) is 13.8. The Morgan fingerprint density at radius 3 is 2.65 bits per heavy atom. The molecule has 0 N–H and O–H groups in total. The molecular formula is C14H10O3. The number of benzene rings is 2. The highest BCUT2D eigenvalue weighted by Crippen LogP contribution is 2.22. The first-order valence-corrected chi connectivity index (χ1v) is 5.35. The summed E-state index contributed by atoms with van der Waals surface area (Å²) in [5.41, 5.74) is 0. The Bertz CT molecular complexity index is 601. The van der Waals surface area contributed by atoms with E-state index in [1.165, 1.54) is 6.08 Å². The van der Waals surface area contributed by atoms with Crippen molar-refractivity contribution in [1.82, 2.24) is 0 Å². The summed E-state index contributed by atoms with van der Waals surface area (Å²) in [6.07, 6.45) is 2.35. The van der Waals surface area contributed by atoms with Gasteiger partial charge in [0.25, 0.3) is 6.29 Å². The summed E-state index contributed by atoms with van der Waals surface area (Å²) < 4.78 is 10.4. The minimum Gasteiger partial charge on any atom is -0.451 e. The third kappa shape index (κ3) is 1.99. The zero-order valence-corrected chi connectivity index (χ0v) is 9.00. The lowest BCUT2D eigenvalue weighted by molar-refractivity contribution is -0.147. The molecule has 2 aromatic carbocycles. The summed E-state index contributed by atoms with van der Waals surface area (Å²) in [5.74, 6) is 0.323. The van der Waals surface area contributed by atoms with Crippen LogP contribution in [0.15, 0.2) is 54.6 Å². The average Bonchev–Trinajstić information content (AvgIpc) is 2.75. The maximum Gasteiger partial charge on any atom is 0.334 e. The Labute approximate surface area is 98.3 Å². The minimum absolute atomic E-state index is 0.365. The molecule has 1 aliphatic rings. The largest absolute Gasteiger partial charge is 0.451 e. The van der Waals surface area contributed by atoms with Crippen molar-refractivity contribution in [2.75, 3.05) is 0 Å². The summed E-state index contributed by atoms with van der Waals surface area (Å²) in [6.45, 7) is 0. The molecule has 0 aliphatic carbocycles. The lowest BCUT2D eigenvalue weighted by Crippen LogP contribution is -2.15. The van der Waals surface area contributed by atoms with Crippen LogP contribution in [0.25, 0.3) is 10.8 Å². The molecule has 3 rings (SSSR count). The van der Waals surface area contributed by atoms with Crippen LogP contribution in [-0.2, 0) is 9.53 Å². The normalized spacial score (nSPS) is 18.4. The lowest BCUT2D eigenvalue weighted by atomic mass is 10.1. The van der Waals surface area contributed by atoms with Crippen LogP contribution in [-0.4, -0.2) is 12.3 Å². The van der Waals surface area contributed by atoms with E-state index < -0.39 is 6.29 Å². The van der Waals surface area contributed by atoms with Gasteiger partial charge in [0.2, 0.25) is 0 Å². The highest BCUT2D eigenvalue weighted by atomic mass is 16.7. The number of carbonyl (C=O) groups is 1. The lowest BCUT2D eigenvalue weighted by Gasteiger charge is -2.11. The summed E-state index contributed by atoms with van der Waals surface area (Å²) in [7, 11) is 0. The minimum atomic E-state index is -0.608. The molecule has 1 unspecified atom stereocenters. The van der Waals surface area contributed by atoms with Crippen molar-refractivity contribution in [2.24, 2.45) is 0 Å². The Kier molecular flexibility index (Phi) is 2.29. The third-order valence-electron chi connectivity index (χ3n) is 2.59. The number of esters is 1. The van der Waals surface area contributed by atoms with Crippen molar-refractivity contribution in [3.8, 4) is 5.75 Å². The van der Waals surface area contributed by atoms with Gasteiger partial charge in [-0.3, -0.25) is 0 Å². The van der Waals surface area contributed by atoms with Gasteiger partial charge in [-0.25, -0.2) is 4.79 Å². The average molecular weight is 226 g/mol. The van der Waals surface area contributed by atoms with Crippen LogP contribution in [0.5, 0.6) is 5.75 Å². The van der Waals surface area contributed by atoms with Crippen LogP contribution in [0.3, 0.4) is 0 Å². The molecule has 0 radical (unpaired) electrons. The Hall–Kier alpha value is -2.29. The number of cyclic esters (lactones) is 1. The fourth-order valence-corrected chi connectivity index (χ4v) is 1.79. The number of hydrogen-bond acceptors (Lipinski definition) is 3. The summed E-state index contributed by atoms with van der Waals surface area (Å²) >= 11 is 0. The number of rotatable bonds is 2. The van der Waals surface area contributed by atoms with Crippen molar-refractivity contribution >= 4 is 16.7 Å². The molecule has 0 saturated carbocycles. The van der Waals surface area contributed by atoms with E-state index in [0.717, 1.165) is 10.8 Å². The standard InChI is InChI=1S/C14H10O3/c15-13-7-8-14(17-13)16-12-6-5-10-3-1-2-4-11(10)9-12/h1-9,14H. The van der Waals surface area contributed by atoms with Crippen LogP contribution in [0, 0.1) is 0 Å². The smallest absolute Gasteiger partial charge is 0.334 e. The summed E-state index contributed by atoms with van der Waals surface area (Å²) in [4.78, 5) is 10.9. The first-order valence-electron chi connectivity index (χ1n) is 5.35. The van der Waals surface area contributed by atoms with E-state index in [1.807, 2.05) is 42.5 Å². The van der Waals surface area contributed by atoms with Gasteiger partial charge in [-0.05, 0) is 22.9 Å². The van der Waals surface area contributed by atoms with Crippen molar-refractivity contribution in [3.63, 3.8) is 0 Å². The SMILES string of the molecule is O=C1C=CC(Oc2ccc3ccccc3c2)O1. The van der Waals surface area contributed by atoms with Crippen LogP contribution in [0.1, 0.15) is 0 Å². The van der Waals surface area contributed by atoms with E-state index in [-0.39, 0.29) is 5.97 Å². The van der Waals surface area contributed by atoms with Gasteiger partial charge in [0.05, 0.1) is 0 Å². The van der Waals surface area contributed by atoms with Gasteiger partial charge >= 0.3 is 5.97 Å². The predicted molar refractivity (Wildman–Crippen MR) is 63.6 cm³/mol. The first-order chi connectivity index (χ1) is 8.31. The van der Waals surface area contributed by atoms with E-state index in [0.29, 0.717) is 5.75 Å². The van der Waals surface area contributed by atoms with Crippen LogP contribution < -0.4 is 4.74 Å².